The summed E-state index contributed by atoms with van der Waals surface area (Å²) < 4.78 is 42.0. The van der Waals surface area contributed by atoms with Crippen LogP contribution in [-0.2, 0) is 11.0 Å². The van der Waals surface area contributed by atoms with Crippen LogP contribution in [0.4, 0.5) is 18.9 Å². The van der Waals surface area contributed by atoms with Gasteiger partial charge in [0.05, 0.1) is 22.2 Å². The number of nitrogens with one attached hydrogen (secondary N) is 1. The minimum atomic E-state index is -4.58. The number of rotatable bonds is 5. The van der Waals surface area contributed by atoms with Crippen molar-refractivity contribution in [1.29, 1.82) is 0 Å². The summed E-state index contributed by atoms with van der Waals surface area (Å²) in [4.78, 5) is 12.4. The largest absolute Gasteiger partial charge is 0.418 e. The lowest BCUT2D eigenvalue weighted by molar-refractivity contribution is -0.137. The Morgan fingerprint density at radius 1 is 1.24 bits per heavy atom. The van der Waals surface area contributed by atoms with Gasteiger partial charge < -0.3 is 11.2 Å². The Labute approximate surface area is 168 Å². The van der Waals surface area contributed by atoms with Crippen molar-refractivity contribution in [2.24, 2.45) is 0 Å². The molecule has 0 spiro atoms. The predicted molar refractivity (Wildman–Crippen MR) is 102 cm³/mol. The number of alkyl halides is 3. The Balaban J connectivity index is 1.76. The van der Waals surface area contributed by atoms with Gasteiger partial charge in [-0.3, -0.25) is 4.79 Å². The predicted octanol–water partition coefficient (Wildman–Crippen LogP) is 2.93. The molecule has 3 rings (SSSR count). The lowest BCUT2D eigenvalue weighted by atomic mass is 10.1. The number of benzene rings is 1. The number of para-hydroxylation sites is 1. The molecule has 154 valence electrons. The summed E-state index contributed by atoms with van der Waals surface area (Å²) in [5.74, 6) is 5.66. The van der Waals surface area contributed by atoms with E-state index >= 15 is 0 Å². The Kier molecular flexibility index (Phi) is 5.55. The second kappa shape index (κ2) is 7.78. The van der Waals surface area contributed by atoms with Crippen molar-refractivity contribution in [3.8, 4) is 5.95 Å². The number of carbonyl (C=O) groups excluding carboxylic acids is 1. The fourth-order valence-corrected chi connectivity index (χ4v) is 3.38. The van der Waals surface area contributed by atoms with Crippen LogP contribution in [0.5, 0.6) is 0 Å². The molecule has 0 saturated heterocycles. The van der Waals surface area contributed by atoms with Crippen molar-refractivity contribution < 1.29 is 18.0 Å². The van der Waals surface area contributed by atoms with Gasteiger partial charge in [-0.05, 0) is 39.0 Å². The molecule has 0 radical (unpaired) electrons. The first-order valence-electron chi connectivity index (χ1n) is 8.46. The molecule has 8 nitrogen and oxygen atoms in total. The molecule has 3 aromatic rings. The summed E-state index contributed by atoms with van der Waals surface area (Å²) in [6.07, 6.45) is -4.58. The molecule has 29 heavy (non-hydrogen) atoms. The second-order valence-electron chi connectivity index (χ2n) is 6.28. The Bertz CT molecular complexity index is 1040. The van der Waals surface area contributed by atoms with Gasteiger partial charge in [-0.2, -0.15) is 18.3 Å². The van der Waals surface area contributed by atoms with Crippen LogP contribution in [0.25, 0.3) is 5.95 Å². The van der Waals surface area contributed by atoms with E-state index in [0.717, 1.165) is 29.2 Å². The molecule has 3 N–H and O–H groups in total. The van der Waals surface area contributed by atoms with Gasteiger partial charge in [0.15, 0.2) is 0 Å². The van der Waals surface area contributed by atoms with Crippen LogP contribution in [0.2, 0.25) is 0 Å². The molecule has 1 amide bonds. The van der Waals surface area contributed by atoms with Crippen LogP contribution in [0.15, 0.2) is 35.5 Å². The van der Waals surface area contributed by atoms with Gasteiger partial charge in [-0.25, -0.2) is 9.36 Å². The molecule has 1 atom stereocenters. The van der Waals surface area contributed by atoms with Crippen molar-refractivity contribution >= 4 is 23.4 Å². The van der Waals surface area contributed by atoms with Crippen molar-refractivity contribution in [3.63, 3.8) is 0 Å². The maximum absolute atomic E-state index is 13.1. The van der Waals surface area contributed by atoms with Gasteiger partial charge in [0.2, 0.25) is 11.1 Å². The maximum atomic E-state index is 13.1. The molecule has 2 aromatic heterocycles. The van der Waals surface area contributed by atoms with Crippen molar-refractivity contribution in [3.05, 3.63) is 47.3 Å². The first-order chi connectivity index (χ1) is 13.6. The minimum absolute atomic E-state index is 0.222. The van der Waals surface area contributed by atoms with Crippen LogP contribution in [-0.4, -0.2) is 35.8 Å². The molecular formula is C17H18F3N7OS. The Morgan fingerprint density at radius 3 is 2.55 bits per heavy atom. The van der Waals surface area contributed by atoms with E-state index < -0.39 is 22.9 Å². The van der Waals surface area contributed by atoms with Gasteiger partial charge in [0, 0.05) is 5.69 Å². The number of hydrogen-bond donors (Lipinski definition) is 2. The van der Waals surface area contributed by atoms with E-state index in [9.17, 15) is 18.0 Å². The summed E-state index contributed by atoms with van der Waals surface area (Å²) in [6.45, 7) is 5.19. The van der Waals surface area contributed by atoms with Crippen molar-refractivity contribution in [2.75, 3.05) is 11.2 Å². The number of aryl methyl sites for hydroxylation is 2. The Hall–Kier alpha value is -3.02. The molecule has 0 aliphatic heterocycles. The number of aromatic nitrogens is 5. The summed E-state index contributed by atoms with van der Waals surface area (Å²) in [5.41, 5.74) is 0.345. The Morgan fingerprint density at radius 2 is 1.93 bits per heavy atom. The van der Waals surface area contributed by atoms with E-state index in [1.165, 1.54) is 34.5 Å². The highest BCUT2D eigenvalue weighted by Crippen LogP contribution is 2.35. The molecule has 12 heteroatoms. The van der Waals surface area contributed by atoms with E-state index in [-0.39, 0.29) is 16.8 Å². The molecule has 2 heterocycles. The molecule has 0 aliphatic rings. The van der Waals surface area contributed by atoms with Crippen LogP contribution in [0.3, 0.4) is 0 Å². The lowest BCUT2D eigenvalue weighted by Crippen LogP contribution is -2.25. The highest BCUT2D eigenvalue weighted by atomic mass is 32.2. The van der Waals surface area contributed by atoms with Gasteiger partial charge in [0.1, 0.15) is 0 Å². The van der Waals surface area contributed by atoms with Crippen molar-refractivity contribution in [1.82, 2.24) is 24.7 Å². The molecule has 0 aliphatic carbocycles. The smallest absolute Gasteiger partial charge is 0.334 e. The average molecular weight is 425 g/mol. The molecule has 0 bridgehead atoms. The summed E-state index contributed by atoms with van der Waals surface area (Å²) in [6, 6.07) is 6.62. The molecule has 1 unspecified atom stereocenters. The van der Waals surface area contributed by atoms with Gasteiger partial charge >= 0.3 is 6.18 Å². The molecule has 0 fully saturated rings. The third-order valence-electron chi connectivity index (χ3n) is 3.99. The number of anilines is 1. The van der Waals surface area contributed by atoms with Crippen LogP contribution in [0.1, 0.15) is 23.9 Å². The maximum Gasteiger partial charge on any atom is 0.418 e. The van der Waals surface area contributed by atoms with E-state index in [4.69, 9.17) is 5.84 Å². The van der Waals surface area contributed by atoms with Crippen molar-refractivity contribution in [2.45, 2.75) is 37.4 Å². The third-order valence-corrected chi connectivity index (χ3v) is 5.04. The van der Waals surface area contributed by atoms with Gasteiger partial charge in [-0.1, -0.05) is 23.9 Å². The zero-order valence-corrected chi connectivity index (χ0v) is 16.5. The topological polar surface area (TPSA) is 104 Å². The molecule has 1 aromatic carbocycles. The first-order valence-corrected chi connectivity index (χ1v) is 9.33. The van der Waals surface area contributed by atoms with E-state index in [2.05, 4.69) is 20.6 Å². The zero-order valence-electron chi connectivity index (χ0n) is 15.7. The number of amides is 1. The highest BCUT2D eigenvalue weighted by molar-refractivity contribution is 8.00. The van der Waals surface area contributed by atoms with Crippen LogP contribution < -0.4 is 11.2 Å². The van der Waals surface area contributed by atoms with Gasteiger partial charge in [0.25, 0.3) is 5.95 Å². The fraction of sp³-hybridized carbons (Fsp3) is 0.294. The monoisotopic (exact) mass is 425 g/mol. The zero-order chi connectivity index (χ0) is 21.3. The normalized spacial score (nSPS) is 12.8. The van der Waals surface area contributed by atoms with Crippen LogP contribution in [0, 0.1) is 13.8 Å². The number of nitrogens with two attached hydrogens (primary N) is 1. The fourth-order valence-electron chi connectivity index (χ4n) is 2.61. The molecule has 0 saturated carbocycles. The van der Waals surface area contributed by atoms with Crippen LogP contribution >= 0.6 is 11.8 Å². The lowest BCUT2D eigenvalue weighted by Gasteiger charge is -2.16. The van der Waals surface area contributed by atoms with E-state index in [0.29, 0.717) is 0 Å². The number of nitrogen functional groups attached to an aromatic ring is 1. The third kappa shape index (κ3) is 4.36. The standard InChI is InChI=1S/C17H18F3N7OS/c1-9-8-10(2)27(25-9)15-23-24-16(26(15)21)29-11(3)14(28)22-13-7-5-4-6-12(13)17(18,19)20/h4-8,11H,21H2,1-3H3,(H,22,28). The summed E-state index contributed by atoms with van der Waals surface area (Å²) in [7, 11) is 0. The minimum Gasteiger partial charge on any atom is -0.334 e. The second-order valence-corrected chi connectivity index (χ2v) is 7.59. The number of hydrogen-bond acceptors (Lipinski definition) is 6. The summed E-state index contributed by atoms with van der Waals surface area (Å²) in [5, 5.41) is 14.0. The van der Waals surface area contributed by atoms with E-state index in [1.54, 1.807) is 0 Å². The number of nitrogens with zero attached hydrogens (tertiary/aromatic N) is 5. The van der Waals surface area contributed by atoms with Gasteiger partial charge in [-0.15, -0.1) is 10.2 Å². The number of halogens is 3. The number of thioether (sulfide) groups is 1. The highest BCUT2D eigenvalue weighted by Gasteiger charge is 2.34. The molecular weight excluding hydrogens is 407 g/mol. The number of carbonyl (C=O) groups is 1. The SMILES string of the molecule is Cc1cc(C)n(-c2nnc(SC(C)C(=O)Nc3ccccc3C(F)(F)F)n2N)n1. The average Bonchev–Trinajstić information content (AvgIpc) is 3.16. The van der Waals surface area contributed by atoms with E-state index in [1.807, 2.05) is 19.9 Å². The quantitative estimate of drug-likeness (QED) is 0.481. The summed E-state index contributed by atoms with van der Waals surface area (Å²) >= 11 is 0.969. The first kappa shape index (κ1) is 20.7.